The first-order valence-corrected chi connectivity index (χ1v) is 18.8. The van der Waals surface area contributed by atoms with Crippen LogP contribution in [0, 0.1) is 11.8 Å². The minimum absolute atomic E-state index is 0.0352. The zero-order valence-electron chi connectivity index (χ0n) is 31.9. The Morgan fingerprint density at radius 1 is 0.778 bits per heavy atom. The molecule has 0 unspecified atom stereocenters. The summed E-state index contributed by atoms with van der Waals surface area (Å²) in [7, 11) is 0. The second kappa shape index (κ2) is 23.1. The fourth-order valence-electron chi connectivity index (χ4n) is 6.29. The largest absolute Gasteiger partial charge is 0.480 e. The number of nitrogens with two attached hydrogens (primary N) is 3. The molecule has 17 nitrogen and oxygen atoms in total. The number of aliphatic imine (C=N–C) groups is 1. The van der Waals surface area contributed by atoms with Crippen LogP contribution in [0.4, 0.5) is 0 Å². The van der Waals surface area contributed by atoms with Crippen LogP contribution in [0.15, 0.2) is 35.3 Å². The van der Waals surface area contributed by atoms with Gasteiger partial charge in [0.05, 0.1) is 12.1 Å². The van der Waals surface area contributed by atoms with Crippen molar-refractivity contribution in [2.75, 3.05) is 6.54 Å². The number of amides is 5. The molecule has 0 spiro atoms. The molecule has 0 aromatic heterocycles. The number of carbonyl (C=O) groups is 6. The van der Waals surface area contributed by atoms with E-state index in [2.05, 4.69) is 31.6 Å². The van der Waals surface area contributed by atoms with Crippen molar-refractivity contribution in [3.8, 4) is 0 Å². The van der Waals surface area contributed by atoms with Crippen molar-refractivity contribution in [1.82, 2.24) is 26.6 Å². The van der Waals surface area contributed by atoms with Crippen LogP contribution in [0.2, 0.25) is 0 Å². The monoisotopic (exact) mass is 759 g/mol. The van der Waals surface area contributed by atoms with Gasteiger partial charge in [-0.15, -0.1) is 0 Å². The number of guanidine groups is 1. The van der Waals surface area contributed by atoms with E-state index in [1.165, 1.54) is 13.8 Å². The molecule has 1 saturated carbocycles. The summed E-state index contributed by atoms with van der Waals surface area (Å²) in [6, 6.07) is 2.07. The molecule has 0 bridgehead atoms. The third-order valence-corrected chi connectivity index (χ3v) is 9.28. The van der Waals surface area contributed by atoms with E-state index in [0.29, 0.717) is 0 Å². The van der Waals surface area contributed by atoms with Crippen LogP contribution in [0.1, 0.15) is 91.0 Å². The van der Waals surface area contributed by atoms with Gasteiger partial charge in [-0.25, -0.2) is 4.79 Å². The molecule has 302 valence electrons. The Morgan fingerprint density at radius 2 is 1.37 bits per heavy atom. The second-order valence-electron chi connectivity index (χ2n) is 14.6. The zero-order valence-corrected chi connectivity index (χ0v) is 31.9. The SMILES string of the molecule is CC(C)C[C@H](NC(=O)[C@@H](N)Cc1ccccc1)C(=O)N[C@H](C(=O)N[C@H](CC1CCCCC1)C(=O)N[C@@H](C)C(=O)N[C@@H](CCCN=C(N)N)C(=O)O)[C@@H](C)O. The summed E-state index contributed by atoms with van der Waals surface area (Å²) in [4.78, 5) is 82.6. The third-order valence-electron chi connectivity index (χ3n) is 9.28. The Morgan fingerprint density at radius 3 is 1.94 bits per heavy atom. The summed E-state index contributed by atoms with van der Waals surface area (Å²) in [5.74, 6) is -4.91. The van der Waals surface area contributed by atoms with E-state index in [1.54, 1.807) is 0 Å². The number of hydrogen-bond acceptors (Lipinski definition) is 9. The summed E-state index contributed by atoms with van der Waals surface area (Å²) >= 11 is 0. The number of carbonyl (C=O) groups excluding carboxylic acids is 5. The second-order valence-corrected chi connectivity index (χ2v) is 14.6. The van der Waals surface area contributed by atoms with Crippen LogP contribution in [0.25, 0.3) is 0 Å². The molecule has 1 aliphatic carbocycles. The molecule has 0 saturated heterocycles. The zero-order chi connectivity index (χ0) is 40.4. The molecule has 0 heterocycles. The van der Waals surface area contributed by atoms with E-state index in [9.17, 15) is 39.0 Å². The predicted molar refractivity (Wildman–Crippen MR) is 203 cm³/mol. The molecule has 7 atom stereocenters. The maximum absolute atomic E-state index is 13.7. The Bertz CT molecular complexity index is 1420. The number of carboxylic acids is 1. The van der Waals surface area contributed by atoms with Crippen LogP contribution < -0.4 is 43.8 Å². The van der Waals surface area contributed by atoms with Gasteiger partial charge in [0.15, 0.2) is 5.96 Å². The number of rotatable bonds is 22. The van der Waals surface area contributed by atoms with Crippen LogP contribution in [0.5, 0.6) is 0 Å². The van der Waals surface area contributed by atoms with Crippen molar-refractivity contribution in [3.05, 3.63) is 35.9 Å². The quantitative estimate of drug-likeness (QED) is 0.0410. The number of aliphatic hydroxyl groups excluding tert-OH is 1. The summed E-state index contributed by atoms with van der Waals surface area (Å²) in [6.45, 7) is 6.60. The average molecular weight is 760 g/mol. The summed E-state index contributed by atoms with van der Waals surface area (Å²) in [5.41, 5.74) is 17.6. The number of carboxylic acid groups (broad SMARTS) is 1. The fourth-order valence-corrected chi connectivity index (χ4v) is 6.29. The van der Waals surface area contributed by atoms with E-state index in [-0.39, 0.29) is 56.4 Å². The maximum atomic E-state index is 13.7. The highest BCUT2D eigenvalue weighted by molar-refractivity contribution is 5.96. The normalized spacial score (nSPS) is 17.0. The molecule has 0 aliphatic heterocycles. The van der Waals surface area contributed by atoms with Crippen molar-refractivity contribution < 1.29 is 39.0 Å². The first-order valence-electron chi connectivity index (χ1n) is 18.8. The average Bonchev–Trinajstić information content (AvgIpc) is 3.11. The molecular weight excluding hydrogens is 698 g/mol. The Labute approximate surface area is 317 Å². The highest BCUT2D eigenvalue weighted by atomic mass is 16.4. The lowest BCUT2D eigenvalue weighted by Gasteiger charge is -2.30. The maximum Gasteiger partial charge on any atom is 0.326 e. The van der Waals surface area contributed by atoms with E-state index >= 15 is 0 Å². The Kier molecular flexibility index (Phi) is 19.4. The van der Waals surface area contributed by atoms with E-state index in [0.717, 1.165) is 37.7 Å². The highest BCUT2D eigenvalue weighted by Crippen LogP contribution is 2.27. The molecule has 1 aromatic carbocycles. The number of hydrogen-bond donors (Lipinski definition) is 10. The molecule has 1 aromatic rings. The molecule has 0 radical (unpaired) electrons. The van der Waals surface area contributed by atoms with Gasteiger partial charge in [-0.2, -0.15) is 0 Å². The van der Waals surface area contributed by atoms with Gasteiger partial charge in [0, 0.05) is 6.54 Å². The number of benzene rings is 1. The Balaban J connectivity index is 2.17. The van der Waals surface area contributed by atoms with E-state index < -0.39 is 77.9 Å². The summed E-state index contributed by atoms with van der Waals surface area (Å²) in [6.07, 6.45) is 4.23. The molecule has 17 heteroatoms. The lowest BCUT2D eigenvalue weighted by Crippen LogP contribution is -2.61. The standard InChI is InChI=1S/C37H61N9O8/c1-21(2)18-28(44-32(49)26(38)19-24-12-7-5-8-13-24)34(51)46-30(23(4)47)35(52)45-29(20-25-14-9-6-10-15-25)33(50)42-22(3)31(48)43-27(36(53)54)16-11-17-41-37(39)40/h5,7-8,12-13,21-23,25-30,47H,6,9-11,14-20,38H2,1-4H3,(H,42,50)(H,43,48)(H,44,49)(H,45,52)(H,46,51)(H,53,54)(H4,39,40,41)/t22-,23+,26-,27-,28-,29+,30-/m0/s1. The van der Waals surface area contributed by atoms with Crippen LogP contribution in [0.3, 0.4) is 0 Å². The van der Waals surface area contributed by atoms with Crippen molar-refractivity contribution in [1.29, 1.82) is 0 Å². The van der Waals surface area contributed by atoms with Gasteiger partial charge in [-0.3, -0.25) is 29.0 Å². The van der Waals surface area contributed by atoms with Gasteiger partial charge in [-0.05, 0) is 63.4 Å². The van der Waals surface area contributed by atoms with E-state index in [1.807, 2.05) is 44.2 Å². The number of nitrogens with zero attached hydrogens (tertiary/aromatic N) is 1. The van der Waals surface area contributed by atoms with Gasteiger partial charge in [0.1, 0.15) is 30.2 Å². The van der Waals surface area contributed by atoms with Crippen molar-refractivity contribution in [2.45, 2.75) is 134 Å². The number of aliphatic hydroxyl groups is 1. The molecular formula is C37H61N9O8. The molecule has 54 heavy (non-hydrogen) atoms. The third kappa shape index (κ3) is 16.5. The minimum atomic E-state index is -1.50. The van der Waals surface area contributed by atoms with Gasteiger partial charge >= 0.3 is 5.97 Å². The number of aliphatic carboxylic acids is 1. The number of nitrogens with one attached hydrogen (secondary N) is 5. The highest BCUT2D eigenvalue weighted by Gasteiger charge is 2.35. The predicted octanol–water partition coefficient (Wildman–Crippen LogP) is -0.464. The van der Waals surface area contributed by atoms with Crippen molar-refractivity contribution in [2.24, 2.45) is 34.0 Å². The van der Waals surface area contributed by atoms with Crippen LogP contribution in [-0.2, 0) is 35.2 Å². The molecule has 5 amide bonds. The first kappa shape index (κ1) is 45.4. The van der Waals surface area contributed by atoms with Crippen LogP contribution >= 0.6 is 0 Å². The molecule has 13 N–H and O–H groups in total. The topological polar surface area (TPSA) is 293 Å². The smallest absolute Gasteiger partial charge is 0.326 e. The molecule has 2 rings (SSSR count). The molecule has 1 fully saturated rings. The van der Waals surface area contributed by atoms with Crippen molar-refractivity contribution in [3.63, 3.8) is 0 Å². The van der Waals surface area contributed by atoms with Gasteiger partial charge < -0.3 is 54.0 Å². The van der Waals surface area contributed by atoms with Crippen LogP contribution in [-0.4, -0.2) is 101 Å². The van der Waals surface area contributed by atoms with E-state index in [4.69, 9.17) is 17.2 Å². The lowest BCUT2D eigenvalue weighted by atomic mass is 9.84. The Hall–Kier alpha value is -4.77. The van der Waals surface area contributed by atoms with Gasteiger partial charge in [-0.1, -0.05) is 76.3 Å². The van der Waals surface area contributed by atoms with Gasteiger partial charge in [0.2, 0.25) is 29.5 Å². The fraction of sp³-hybridized carbons (Fsp3) is 0.649. The molecule has 1 aliphatic rings. The first-order chi connectivity index (χ1) is 25.5. The van der Waals surface area contributed by atoms with Crippen molar-refractivity contribution >= 4 is 41.5 Å². The summed E-state index contributed by atoms with van der Waals surface area (Å²) < 4.78 is 0. The minimum Gasteiger partial charge on any atom is -0.480 e. The van der Waals surface area contributed by atoms with Gasteiger partial charge in [0.25, 0.3) is 0 Å². The lowest BCUT2D eigenvalue weighted by molar-refractivity contribution is -0.142. The summed E-state index contributed by atoms with van der Waals surface area (Å²) in [5, 5.41) is 33.2.